The second kappa shape index (κ2) is 5.55. The summed E-state index contributed by atoms with van der Waals surface area (Å²) >= 11 is 4.17. The van der Waals surface area contributed by atoms with Crippen LogP contribution in [0.4, 0.5) is 5.69 Å². The number of carboxylic acid groups (broad SMARTS) is 1. The van der Waals surface area contributed by atoms with Gasteiger partial charge in [0, 0.05) is 4.47 Å². The molecular weight excluding hydrogens is 366 g/mol. The maximum absolute atomic E-state index is 12.2. The van der Waals surface area contributed by atoms with Crippen molar-refractivity contribution in [2.75, 3.05) is 4.72 Å². The van der Waals surface area contributed by atoms with E-state index in [1.165, 1.54) is 11.4 Å². The lowest BCUT2D eigenvalue weighted by Crippen LogP contribution is -2.15. The van der Waals surface area contributed by atoms with Gasteiger partial charge in [-0.05, 0) is 42.1 Å². The van der Waals surface area contributed by atoms with Crippen molar-refractivity contribution >= 4 is 48.9 Å². The van der Waals surface area contributed by atoms with Crippen LogP contribution >= 0.6 is 27.3 Å². The van der Waals surface area contributed by atoms with Gasteiger partial charge in [-0.15, -0.1) is 11.3 Å². The fourth-order valence-corrected chi connectivity index (χ4v) is 4.47. The van der Waals surface area contributed by atoms with Crippen LogP contribution in [-0.2, 0) is 10.0 Å². The second-order valence-corrected chi connectivity index (χ2v) is 7.47. The van der Waals surface area contributed by atoms with Crippen molar-refractivity contribution in [3.05, 3.63) is 44.6 Å². The number of aromatic carboxylic acids is 1. The van der Waals surface area contributed by atoms with E-state index in [9.17, 15) is 13.2 Å². The zero-order chi connectivity index (χ0) is 14.9. The molecule has 2 rings (SSSR count). The van der Waals surface area contributed by atoms with Gasteiger partial charge in [-0.1, -0.05) is 15.9 Å². The minimum absolute atomic E-state index is 0.202. The minimum Gasteiger partial charge on any atom is -0.477 e. The summed E-state index contributed by atoms with van der Waals surface area (Å²) in [6.07, 6.45) is 0. The lowest BCUT2D eigenvalue weighted by atomic mass is 10.2. The SMILES string of the molecule is Cc1cc(Br)ccc1NS(=O)(=O)c1ccsc1C(=O)O. The van der Waals surface area contributed by atoms with E-state index in [1.807, 2.05) is 0 Å². The molecule has 1 heterocycles. The summed E-state index contributed by atoms with van der Waals surface area (Å²) in [7, 11) is -3.92. The molecule has 1 aromatic heterocycles. The molecule has 0 aliphatic heterocycles. The zero-order valence-electron chi connectivity index (χ0n) is 10.3. The Hall–Kier alpha value is -1.38. The van der Waals surface area contributed by atoms with Crippen molar-refractivity contribution in [3.8, 4) is 0 Å². The number of carbonyl (C=O) groups is 1. The number of hydrogen-bond acceptors (Lipinski definition) is 4. The Labute approximate surface area is 128 Å². The van der Waals surface area contributed by atoms with Gasteiger partial charge in [0.1, 0.15) is 9.77 Å². The fraction of sp³-hybridized carbons (Fsp3) is 0.0833. The van der Waals surface area contributed by atoms with Crippen LogP contribution < -0.4 is 4.72 Å². The molecule has 0 unspecified atom stereocenters. The number of hydrogen-bond donors (Lipinski definition) is 2. The van der Waals surface area contributed by atoms with Crippen LogP contribution in [0.15, 0.2) is 39.0 Å². The van der Waals surface area contributed by atoms with Gasteiger partial charge in [-0.3, -0.25) is 4.72 Å². The van der Waals surface area contributed by atoms with Gasteiger partial charge in [0.15, 0.2) is 0 Å². The van der Waals surface area contributed by atoms with Crippen LogP contribution in [0.25, 0.3) is 0 Å². The minimum atomic E-state index is -3.92. The van der Waals surface area contributed by atoms with Gasteiger partial charge in [0.05, 0.1) is 5.69 Å². The molecule has 20 heavy (non-hydrogen) atoms. The number of sulfonamides is 1. The Morgan fingerprint density at radius 3 is 2.65 bits per heavy atom. The summed E-state index contributed by atoms with van der Waals surface area (Å²) in [6, 6.07) is 6.37. The van der Waals surface area contributed by atoms with Crippen molar-refractivity contribution in [1.29, 1.82) is 0 Å². The monoisotopic (exact) mass is 375 g/mol. The molecular formula is C12H10BrNO4S2. The van der Waals surface area contributed by atoms with E-state index in [2.05, 4.69) is 20.7 Å². The van der Waals surface area contributed by atoms with E-state index in [-0.39, 0.29) is 9.77 Å². The third kappa shape index (κ3) is 3.02. The van der Waals surface area contributed by atoms with E-state index in [4.69, 9.17) is 5.11 Å². The lowest BCUT2D eigenvalue weighted by molar-refractivity contribution is 0.0698. The number of halogens is 1. The van der Waals surface area contributed by atoms with Crippen LogP contribution in [0.2, 0.25) is 0 Å². The van der Waals surface area contributed by atoms with E-state index in [1.54, 1.807) is 25.1 Å². The highest BCUT2D eigenvalue weighted by Crippen LogP contribution is 2.26. The first-order chi connectivity index (χ1) is 9.31. The molecule has 2 N–H and O–H groups in total. The van der Waals surface area contributed by atoms with Crippen LogP contribution in [-0.4, -0.2) is 19.5 Å². The molecule has 0 aliphatic carbocycles. The first kappa shape index (κ1) is 15.0. The van der Waals surface area contributed by atoms with Crippen molar-refractivity contribution in [1.82, 2.24) is 0 Å². The second-order valence-electron chi connectivity index (χ2n) is 3.98. The predicted molar refractivity (Wildman–Crippen MR) is 81.0 cm³/mol. The van der Waals surface area contributed by atoms with Crippen LogP contribution in [0.3, 0.4) is 0 Å². The topological polar surface area (TPSA) is 83.5 Å². The highest BCUT2D eigenvalue weighted by molar-refractivity contribution is 9.10. The molecule has 0 saturated heterocycles. The van der Waals surface area contributed by atoms with Crippen molar-refractivity contribution < 1.29 is 18.3 Å². The molecule has 0 bridgehead atoms. The Balaban J connectivity index is 2.41. The van der Waals surface area contributed by atoms with Crippen LogP contribution in [0.5, 0.6) is 0 Å². The number of rotatable bonds is 4. The quantitative estimate of drug-likeness (QED) is 0.858. The Bertz CT molecular complexity index is 768. The average Bonchev–Trinajstić information content (AvgIpc) is 2.82. The van der Waals surface area contributed by atoms with Crippen molar-refractivity contribution in [2.45, 2.75) is 11.8 Å². The van der Waals surface area contributed by atoms with Crippen molar-refractivity contribution in [2.24, 2.45) is 0 Å². The van der Waals surface area contributed by atoms with E-state index in [0.29, 0.717) is 5.69 Å². The molecule has 2 aromatic rings. The van der Waals surface area contributed by atoms with Crippen LogP contribution in [0.1, 0.15) is 15.2 Å². The molecule has 1 aromatic carbocycles. The standard InChI is InChI=1S/C12H10BrNO4S2/c1-7-6-8(13)2-3-9(7)14-20(17,18)10-4-5-19-11(10)12(15)16/h2-6,14H,1H3,(H,15,16). The van der Waals surface area contributed by atoms with E-state index in [0.717, 1.165) is 21.4 Å². The smallest absolute Gasteiger partial charge is 0.347 e. The molecule has 0 amide bonds. The molecule has 0 spiro atoms. The summed E-state index contributed by atoms with van der Waals surface area (Å²) in [6.45, 7) is 1.76. The molecule has 106 valence electrons. The highest BCUT2D eigenvalue weighted by Gasteiger charge is 2.24. The fourth-order valence-electron chi connectivity index (χ4n) is 1.61. The van der Waals surface area contributed by atoms with E-state index >= 15 is 0 Å². The summed E-state index contributed by atoms with van der Waals surface area (Å²) < 4.78 is 27.7. The van der Waals surface area contributed by atoms with Gasteiger partial charge >= 0.3 is 5.97 Å². The Morgan fingerprint density at radius 2 is 2.05 bits per heavy atom. The molecule has 0 radical (unpaired) electrons. The number of thiophene rings is 1. The lowest BCUT2D eigenvalue weighted by Gasteiger charge is -2.10. The number of aryl methyl sites for hydroxylation is 1. The molecule has 0 saturated carbocycles. The number of benzene rings is 1. The van der Waals surface area contributed by atoms with Crippen LogP contribution in [0, 0.1) is 6.92 Å². The normalized spacial score (nSPS) is 11.3. The summed E-state index contributed by atoms with van der Waals surface area (Å²) in [5.74, 6) is -1.26. The molecule has 0 atom stereocenters. The van der Waals surface area contributed by atoms with Crippen molar-refractivity contribution in [3.63, 3.8) is 0 Å². The van der Waals surface area contributed by atoms with Gasteiger partial charge in [0.25, 0.3) is 10.0 Å². The van der Waals surface area contributed by atoms with Gasteiger partial charge in [-0.2, -0.15) is 0 Å². The maximum atomic E-state index is 12.2. The van der Waals surface area contributed by atoms with Gasteiger partial charge < -0.3 is 5.11 Å². The maximum Gasteiger partial charge on any atom is 0.347 e. The zero-order valence-corrected chi connectivity index (χ0v) is 13.5. The number of anilines is 1. The highest BCUT2D eigenvalue weighted by atomic mass is 79.9. The summed E-state index contributed by atoms with van der Waals surface area (Å²) in [5, 5.41) is 10.4. The largest absolute Gasteiger partial charge is 0.477 e. The first-order valence-electron chi connectivity index (χ1n) is 5.41. The molecule has 5 nitrogen and oxygen atoms in total. The summed E-state index contributed by atoms with van der Waals surface area (Å²) in [5.41, 5.74) is 1.14. The third-order valence-electron chi connectivity index (χ3n) is 2.55. The van der Waals surface area contributed by atoms with E-state index < -0.39 is 16.0 Å². The number of nitrogens with one attached hydrogen (secondary N) is 1. The Morgan fingerprint density at radius 1 is 1.35 bits per heavy atom. The first-order valence-corrected chi connectivity index (χ1v) is 8.56. The molecule has 0 aliphatic rings. The summed E-state index contributed by atoms with van der Waals surface area (Å²) in [4.78, 5) is 10.6. The average molecular weight is 376 g/mol. The molecule has 0 fully saturated rings. The Kier molecular flexibility index (Phi) is 4.17. The third-order valence-corrected chi connectivity index (χ3v) is 5.48. The number of carboxylic acids is 1. The predicted octanol–water partition coefficient (Wildman–Crippen LogP) is 3.32. The van der Waals surface area contributed by atoms with Gasteiger partial charge in [0.2, 0.25) is 0 Å². The van der Waals surface area contributed by atoms with Gasteiger partial charge in [-0.25, -0.2) is 13.2 Å². The molecule has 8 heteroatoms.